The maximum atomic E-state index is 12.0. The predicted octanol–water partition coefficient (Wildman–Crippen LogP) is 2.04. The van der Waals surface area contributed by atoms with Gasteiger partial charge in [-0.25, -0.2) is 9.59 Å². The zero-order valence-electron chi connectivity index (χ0n) is 16.0. The molecule has 2 aromatic rings. The summed E-state index contributed by atoms with van der Waals surface area (Å²) in [6.07, 6.45) is -0.694. The van der Waals surface area contributed by atoms with Crippen LogP contribution < -0.4 is 5.32 Å². The van der Waals surface area contributed by atoms with Crippen LogP contribution >= 0.6 is 0 Å². The van der Waals surface area contributed by atoms with Gasteiger partial charge in [0.1, 0.15) is 26.5 Å². The van der Waals surface area contributed by atoms with E-state index in [0.29, 0.717) is 0 Å². The number of carboxylic acid groups (broad SMARTS) is 1. The summed E-state index contributed by atoms with van der Waals surface area (Å²) in [4.78, 5) is 35.6. The van der Waals surface area contributed by atoms with Crippen LogP contribution in [0.1, 0.15) is 17.0 Å². The average molecular weight is 398 g/mol. The molecule has 0 fully saturated rings. The summed E-state index contributed by atoms with van der Waals surface area (Å²) in [6.45, 7) is -0.801. The van der Waals surface area contributed by atoms with E-state index in [2.05, 4.69) is 17.4 Å². The Morgan fingerprint density at radius 1 is 1.03 bits per heavy atom. The highest BCUT2D eigenvalue weighted by atomic mass is 16.5. The van der Waals surface area contributed by atoms with Crippen molar-refractivity contribution in [2.75, 3.05) is 33.5 Å². The third kappa shape index (κ3) is 4.91. The van der Waals surface area contributed by atoms with Gasteiger partial charge in [0.2, 0.25) is 5.91 Å². The first-order chi connectivity index (χ1) is 14.0. The number of ether oxygens (including phenoxy) is 2. The number of nitrogens with zero attached hydrogens (tertiary/aromatic N) is 1. The van der Waals surface area contributed by atoms with E-state index in [4.69, 9.17) is 14.6 Å². The van der Waals surface area contributed by atoms with Crippen LogP contribution in [0.3, 0.4) is 0 Å². The van der Waals surface area contributed by atoms with Gasteiger partial charge in [-0.1, -0.05) is 48.5 Å². The molecule has 0 radical (unpaired) electrons. The van der Waals surface area contributed by atoms with Crippen molar-refractivity contribution in [1.82, 2.24) is 10.2 Å². The summed E-state index contributed by atoms with van der Waals surface area (Å²) in [6, 6.07) is 16.0. The van der Waals surface area contributed by atoms with Crippen LogP contribution in [0.2, 0.25) is 0 Å². The highest BCUT2D eigenvalue weighted by molar-refractivity contribution is 5.82. The van der Waals surface area contributed by atoms with Crippen LogP contribution in [0.15, 0.2) is 48.5 Å². The lowest BCUT2D eigenvalue weighted by atomic mass is 9.98. The molecule has 0 saturated carbocycles. The third-order valence-electron chi connectivity index (χ3n) is 4.66. The van der Waals surface area contributed by atoms with Crippen molar-refractivity contribution in [2.24, 2.45) is 0 Å². The second-order valence-corrected chi connectivity index (χ2v) is 6.64. The molecule has 0 aliphatic heterocycles. The van der Waals surface area contributed by atoms with E-state index < -0.39 is 24.6 Å². The maximum absolute atomic E-state index is 12.0. The summed E-state index contributed by atoms with van der Waals surface area (Å²) in [5.74, 6) is -1.61. The van der Waals surface area contributed by atoms with Crippen LogP contribution in [0.25, 0.3) is 11.1 Å². The number of hydrogen-bond acceptors (Lipinski definition) is 5. The van der Waals surface area contributed by atoms with Gasteiger partial charge in [-0.15, -0.1) is 0 Å². The van der Waals surface area contributed by atoms with Gasteiger partial charge in [-0.05, 0) is 22.3 Å². The Balaban J connectivity index is 1.50. The minimum Gasteiger partial charge on any atom is -0.480 e. The highest BCUT2D eigenvalue weighted by Gasteiger charge is 2.29. The quantitative estimate of drug-likeness (QED) is 0.660. The molecule has 1 aliphatic rings. The first kappa shape index (κ1) is 20.3. The van der Waals surface area contributed by atoms with Gasteiger partial charge < -0.3 is 24.8 Å². The van der Waals surface area contributed by atoms with Gasteiger partial charge in [0, 0.05) is 13.0 Å². The van der Waals surface area contributed by atoms with Gasteiger partial charge >= 0.3 is 12.1 Å². The monoisotopic (exact) mass is 398 g/mol. The Hall–Kier alpha value is -3.39. The second-order valence-electron chi connectivity index (χ2n) is 6.64. The number of alkyl carbamates (subject to hydrolysis) is 1. The van der Waals surface area contributed by atoms with Gasteiger partial charge in [-0.2, -0.15) is 0 Å². The van der Waals surface area contributed by atoms with E-state index in [9.17, 15) is 14.4 Å². The van der Waals surface area contributed by atoms with Crippen molar-refractivity contribution in [1.29, 1.82) is 0 Å². The summed E-state index contributed by atoms with van der Waals surface area (Å²) in [5.41, 5.74) is 4.48. The molecule has 1 aliphatic carbocycles. The molecule has 0 heterocycles. The molecule has 3 rings (SSSR count). The number of nitrogens with one attached hydrogen (secondary N) is 1. The van der Waals surface area contributed by atoms with Gasteiger partial charge in [0.25, 0.3) is 0 Å². The van der Waals surface area contributed by atoms with Gasteiger partial charge in [0.05, 0.1) is 0 Å². The maximum Gasteiger partial charge on any atom is 0.407 e. The van der Waals surface area contributed by atoms with Gasteiger partial charge in [-0.3, -0.25) is 4.79 Å². The van der Waals surface area contributed by atoms with Crippen molar-refractivity contribution in [3.63, 3.8) is 0 Å². The fourth-order valence-electron chi connectivity index (χ4n) is 3.27. The molecule has 2 amide bonds. The molecule has 29 heavy (non-hydrogen) atoms. The summed E-state index contributed by atoms with van der Waals surface area (Å²) in [7, 11) is 1.45. The Labute approximate surface area is 168 Å². The van der Waals surface area contributed by atoms with Crippen molar-refractivity contribution >= 4 is 18.0 Å². The third-order valence-corrected chi connectivity index (χ3v) is 4.66. The molecule has 0 atom stereocenters. The molecule has 8 heteroatoms. The zero-order valence-corrected chi connectivity index (χ0v) is 16.0. The summed E-state index contributed by atoms with van der Waals surface area (Å²) < 4.78 is 10.2. The number of carbonyl (C=O) groups excluding carboxylic acids is 2. The largest absolute Gasteiger partial charge is 0.480 e. The van der Waals surface area contributed by atoms with E-state index in [1.165, 1.54) is 11.9 Å². The van der Waals surface area contributed by atoms with Crippen LogP contribution in [0, 0.1) is 0 Å². The Kier molecular flexibility index (Phi) is 6.46. The van der Waals surface area contributed by atoms with Crippen LogP contribution in [-0.2, 0) is 19.1 Å². The lowest BCUT2D eigenvalue weighted by Crippen LogP contribution is -2.39. The lowest BCUT2D eigenvalue weighted by Gasteiger charge is -2.17. The number of benzene rings is 2. The van der Waals surface area contributed by atoms with E-state index in [1.807, 2.05) is 36.4 Å². The molecule has 0 bridgehead atoms. The number of amides is 2. The van der Waals surface area contributed by atoms with Crippen LogP contribution in [0.4, 0.5) is 4.79 Å². The van der Waals surface area contributed by atoms with Crippen molar-refractivity contribution < 1.29 is 29.0 Å². The number of fused-ring (bicyclic) bond motifs is 3. The summed E-state index contributed by atoms with van der Waals surface area (Å²) in [5, 5.41) is 10.9. The van der Waals surface area contributed by atoms with E-state index >= 15 is 0 Å². The van der Waals surface area contributed by atoms with Crippen molar-refractivity contribution in [3.8, 4) is 11.1 Å². The SMILES string of the molecule is CN(COCC(=O)O)C(=O)CNC(=O)OCC1c2ccccc2-c2ccccc21. The number of carbonyl (C=O) groups is 3. The normalized spacial score (nSPS) is 12.0. The Bertz CT molecular complexity index is 868. The number of rotatable bonds is 8. The lowest BCUT2D eigenvalue weighted by molar-refractivity contribution is -0.147. The van der Waals surface area contributed by atoms with Crippen LogP contribution in [-0.4, -0.2) is 61.5 Å². The minimum absolute atomic E-state index is 0.0593. The van der Waals surface area contributed by atoms with Crippen molar-refractivity contribution in [2.45, 2.75) is 5.92 Å². The summed E-state index contributed by atoms with van der Waals surface area (Å²) >= 11 is 0. The first-order valence-corrected chi connectivity index (χ1v) is 9.09. The number of likely N-dealkylation sites (N-methyl/N-ethyl adjacent to an activating group) is 1. The zero-order chi connectivity index (χ0) is 20.8. The minimum atomic E-state index is -1.12. The molecular formula is C21H22N2O6. The topological polar surface area (TPSA) is 105 Å². The smallest absolute Gasteiger partial charge is 0.407 e. The standard InChI is InChI=1S/C21H22N2O6/c1-23(13-28-12-20(25)26)19(24)10-22-21(27)29-11-18-16-8-4-2-6-14(16)15-7-3-5-9-17(15)18/h2-9,18H,10-13H2,1H3,(H,22,27)(H,25,26). The molecule has 2 aromatic carbocycles. The van der Waals surface area contributed by atoms with Crippen LogP contribution in [0.5, 0.6) is 0 Å². The number of aliphatic carboxylic acids is 1. The molecule has 2 N–H and O–H groups in total. The molecule has 0 aromatic heterocycles. The van der Waals surface area contributed by atoms with E-state index in [-0.39, 0.29) is 25.8 Å². The first-order valence-electron chi connectivity index (χ1n) is 9.09. The predicted molar refractivity (Wildman–Crippen MR) is 104 cm³/mol. The molecule has 152 valence electrons. The molecule has 0 saturated heterocycles. The fraction of sp³-hybridized carbons (Fsp3) is 0.286. The Morgan fingerprint density at radius 3 is 2.21 bits per heavy atom. The fourth-order valence-corrected chi connectivity index (χ4v) is 3.27. The molecule has 8 nitrogen and oxygen atoms in total. The Morgan fingerprint density at radius 2 is 1.62 bits per heavy atom. The molecule has 0 unspecified atom stereocenters. The van der Waals surface area contributed by atoms with Gasteiger partial charge in [0.15, 0.2) is 0 Å². The number of carboxylic acids is 1. The van der Waals surface area contributed by atoms with E-state index in [0.717, 1.165) is 22.3 Å². The molecular weight excluding hydrogens is 376 g/mol. The molecule has 0 spiro atoms. The van der Waals surface area contributed by atoms with E-state index in [1.54, 1.807) is 0 Å². The van der Waals surface area contributed by atoms with Crippen molar-refractivity contribution in [3.05, 3.63) is 59.7 Å². The average Bonchev–Trinajstić information content (AvgIpc) is 3.04. The second kappa shape index (κ2) is 9.20. The number of hydrogen-bond donors (Lipinski definition) is 2. The highest BCUT2D eigenvalue weighted by Crippen LogP contribution is 2.44.